The van der Waals surface area contributed by atoms with Crippen LogP contribution in [0.1, 0.15) is 12.0 Å². The molecule has 2 rings (SSSR count). The highest BCUT2D eigenvalue weighted by molar-refractivity contribution is 6.32. The third-order valence-corrected chi connectivity index (χ3v) is 1.98. The summed E-state index contributed by atoms with van der Waals surface area (Å²) in [4.78, 5) is 15.1. The average molecular weight is 160 g/mol. The van der Waals surface area contributed by atoms with Crippen LogP contribution in [-0.2, 0) is 11.2 Å². The molecule has 1 amide bonds. The van der Waals surface area contributed by atoms with E-state index in [4.69, 9.17) is 0 Å². The molecule has 60 valence electrons. The highest BCUT2D eigenvalue weighted by Crippen LogP contribution is 2.17. The summed E-state index contributed by atoms with van der Waals surface area (Å²) in [5, 5.41) is 2.74. The van der Waals surface area contributed by atoms with Crippen LogP contribution in [0.25, 0.3) is 0 Å². The molecule has 0 saturated carbocycles. The summed E-state index contributed by atoms with van der Waals surface area (Å²) in [5.41, 5.74) is 2.29. The highest BCUT2D eigenvalue weighted by atomic mass is 16.1. The van der Waals surface area contributed by atoms with Gasteiger partial charge in [0.15, 0.2) is 0 Å². The average Bonchev–Trinajstić information content (AvgIpc) is 2.05. The van der Waals surface area contributed by atoms with E-state index in [1.165, 1.54) is 0 Å². The number of hydrogen-bond acceptors (Lipinski definition) is 2. The van der Waals surface area contributed by atoms with Crippen LogP contribution in [0.2, 0.25) is 0 Å². The third-order valence-electron chi connectivity index (χ3n) is 1.98. The van der Waals surface area contributed by atoms with Crippen LogP contribution in [0.3, 0.4) is 0 Å². The van der Waals surface area contributed by atoms with E-state index in [1.54, 1.807) is 6.20 Å². The van der Waals surface area contributed by atoms with Crippen molar-refractivity contribution in [1.82, 2.24) is 4.98 Å². The van der Waals surface area contributed by atoms with E-state index in [9.17, 15) is 4.79 Å². The minimum absolute atomic E-state index is 0.0684. The number of nitrogens with zero attached hydrogens (tertiary/aromatic N) is 1. The maximum Gasteiger partial charge on any atom is 0.225 e. The molecule has 1 aromatic heterocycles. The van der Waals surface area contributed by atoms with Gasteiger partial charge in [0.05, 0.1) is 0 Å². The zero-order chi connectivity index (χ0) is 8.55. The lowest BCUT2D eigenvalue weighted by Gasteiger charge is -2.15. The second-order valence-corrected chi connectivity index (χ2v) is 3.07. The summed E-state index contributed by atoms with van der Waals surface area (Å²) in [7, 11) is 2.00. The number of hydrogen-bond donors (Lipinski definition) is 1. The molecule has 2 heterocycles. The zero-order valence-corrected chi connectivity index (χ0v) is 6.92. The van der Waals surface area contributed by atoms with Crippen molar-refractivity contribution in [3.63, 3.8) is 0 Å². The monoisotopic (exact) mass is 160 g/mol. The predicted octanol–water partition coefficient (Wildman–Crippen LogP) is -0.775. The van der Waals surface area contributed by atoms with Crippen molar-refractivity contribution in [3.8, 4) is 0 Å². The fraction of sp³-hybridized carbons (Fsp3) is 0.250. The van der Waals surface area contributed by atoms with Gasteiger partial charge in [0, 0.05) is 12.6 Å². The minimum atomic E-state index is 0.0684. The first kappa shape index (κ1) is 7.34. The Balaban J connectivity index is 2.43. The van der Waals surface area contributed by atoms with Gasteiger partial charge in [-0.15, -0.1) is 0 Å². The fourth-order valence-electron chi connectivity index (χ4n) is 1.38. The molecule has 0 spiro atoms. The minimum Gasteiger partial charge on any atom is -0.310 e. The molecule has 12 heavy (non-hydrogen) atoms. The topological polar surface area (TPSA) is 42.0 Å². The standard InChI is InChI=1S/C8H9BN2O/c9-6-3-5-1-2-7(12)11-8(5)10-4-6/h3-4H,1-2,9H2,(H,10,11,12). The Kier molecular flexibility index (Phi) is 1.61. The van der Waals surface area contributed by atoms with Gasteiger partial charge in [-0.2, -0.15) is 0 Å². The highest BCUT2D eigenvalue weighted by Gasteiger charge is 2.14. The predicted molar refractivity (Wildman–Crippen MR) is 49.4 cm³/mol. The molecule has 0 saturated heterocycles. The van der Waals surface area contributed by atoms with Crippen molar-refractivity contribution >= 4 is 25.0 Å². The maximum absolute atomic E-state index is 11.0. The van der Waals surface area contributed by atoms with Gasteiger partial charge in [-0.3, -0.25) is 4.79 Å². The molecule has 4 heteroatoms. The van der Waals surface area contributed by atoms with Crippen LogP contribution in [0.5, 0.6) is 0 Å². The Morgan fingerprint density at radius 2 is 2.33 bits per heavy atom. The largest absolute Gasteiger partial charge is 0.310 e. The molecular weight excluding hydrogens is 151 g/mol. The second-order valence-electron chi connectivity index (χ2n) is 3.07. The van der Waals surface area contributed by atoms with Crippen LogP contribution in [0.15, 0.2) is 12.3 Å². The zero-order valence-electron chi connectivity index (χ0n) is 6.92. The van der Waals surface area contributed by atoms with Crippen LogP contribution < -0.4 is 10.8 Å². The fourth-order valence-corrected chi connectivity index (χ4v) is 1.38. The number of nitrogens with one attached hydrogen (secondary N) is 1. The number of rotatable bonds is 0. The number of carbonyl (C=O) groups is 1. The van der Waals surface area contributed by atoms with Crippen LogP contribution in [-0.4, -0.2) is 18.7 Å². The van der Waals surface area contributed by atoms with Crippen LogP contribution in [0.4, 0.5) is 5.82 Å². The van der Waals surface area contributed by atoms with Crippen LogP contribution in [0, 0.1) is 0 Å². The second kappa shape index (κ2) is 2.62. The quantitative estimate of drug-likeness (QED) is 0.506. The van der Waals surface area contributed by atoms with Crippen molar-refractivity contribution < 1.29 is 4.79 Å². The van der Waals surface area contributed by atoms with E-state index in [0.717, 1.165) is 23.3 Å². The lowest BCUT2D eigenvalue weighted by atomic mass is 9.94. The van der Waals surface area contributed by atoms with Gasteiger partial charge >= 0.3 is 0 Å². The summed E-state index contributed by atoms with van der Waals surface area (Å²) < 4.78 is 0. The van der Waals surface area contributed by atoms with E-state index in [1.807, 2.05) is 7.85 Å². The third kappa shape index (κ3) is 1.20. The summed E-state index contributed by atoms with van der Waals surface area (Å²) in [6.07, 6.45) is 3.17. The smallest absolute Gasteiger partial charge is 0.225 e. The molecule has 0 atom stereocenters. The Morgan fingerprint density at radius 3 is 3.17 bits per heavy atom. The van der Waals surface area contributed by atoms with Crippen molar-refractivity contribution in [3.05, 3.63) is 17.8 Å². The molecule has 1 N–H and O–H groups in total. The number of aryl methyl sites for hydroxylation is 1. The van der Waals surface area contributed by atoms with E-state index in [2.05, 4.69) is 16.4 Å². The number of carbonyl (C=O) groups excluding carboxylic acids is 1. The molecular formula is C8H9BN2O. The lowest BCUT2D eigenvalue weighted by Crippen LogP contribution is -2.22. The Hall–Kier alpha value is -1.32. The van der Waals surface area contributed by atoms with Gasteiger partial charge in [0.2, 0.25) is 5.91 Å². The first-order chi connectivity index (χ1) is 5.75. The number of aromatic nitrogens is 1. The molecule has 0 radical (unpaired) electrons. The first-order valence-electron chi connectivity index (χ1n) is 4.01. The van der Waals surface area contributed by atoms with Gasteiger partial charge < -0.3 is 5.32 Å². The number of amides is 1. The maximum atomic E-state index is 11.0. The summed E-state index contributed by atoms with van der Waals surface area (Å²) in [5.74, 6) is 0.802. The lowest BCUT2D eigenvalue weighted by molar-refractivity contribution is -0.116. The van der Waals surface area contributed by atoms with Crippen LogP contribution >= 0.6 is 0 Å². The molecule has 1 aromatic rings. The molecule has 1 aliphatic heterocycles. The molecule has 0 unspecified atom stereocenters. The van der Waals surface area contributed by atoms with Crippen molar-refractivity contribution in [2.24, 2.45) is 0 Å². The Labute approximate surface area is 71.6 Å². The normalized spacial score (nSPS) is 15.2. The molecule has 0 aromatic carbocycles. The first-order valence-corrected chi connectivity index (χ1v) is 4.01. The van der Waals surface area contributed by atoms with E-state index >= 15 is 0 Å². The molecule has 0 fully saturated rings. The summed E-state index contributed by atoms with van der Waals surface area (Å²) >= 11 is 0. The molecule has 0 aliphatic carbocycles. The van der Waals surface area contributed by atoms with E-state index in [0.29, 0.717) is 6.42 Å². The van der Waals surface area contributed by atoms with Crippen molar-refractivity contribution in [1.29, 1.82) is 0 Å². The number of anilines is 1. The summed E-state index contributed by atoms with van der Waals surface area (Å²) in [6, 6.07) is 2.07. The Bertz CT molecular complexity index is 338. The molecule has 3 nitrogen and oxygen atoms in total. The summed E-state index contributed by atoms with van der Waals surface area (Å²) in [6.45, 7) is 0. The van der Waals surface area contributed by atoms with Crippen molar-refractivity contribution in [2.45, 2.75) is 12.8 Å². The van der Waals surface area contributed by atoms with Gasteiger partial charge in [-0.1, -0.05) is 11.5 Å². The van der Waals surface area contributed by atoms with Crippen molar-refractivity contribution in [2.75, 3.05) is 5.32 Å². The Morgan fingerprint density at radius 1 is 1.50 bits per heavy atom. The van der Waals surface area contributed by atoms with E-state index < -0.39 is 0 Å². The SMILES string of the molecule is Bc1cnc2c(c1)CCC(=O)N2. The van der Waals surface area contributed by atoms with Gasteiger partial charge in [-0.25, -0.2) is 4.98 Å². The number of fused-ring (bicyclic) bond motifs is 1. The van der Waals surface area contributed by atoms with E-state index in [-0.39, 0.29) is 5.91 Å². The molecule has 1 aliphatic rings. The van der Waals surface area contributed by atoms with Gasteiger partial charge in [-0.05, 0) is 12.0 Å². The molecule has 0 bridgehead atoms. The number of pyridine rings is 1. The van der Waals surface area contributed by atoms with Gasteiger partial charge in [0.25, 0.3) is 0 Å². The van der Waals surface area contributed by atoms with Gasteiger partial charge in [0.1, 0.15) is 13.7 Å².